The first-order chi connectivity index (χ1) is 7.47. The first-order valence-corrected chi connectivity index (χ1v) is 5.76. The molecule has 0 aliphatic heterocycles. The van der Waals surface area contributed by atoms with Crippen molar-refractivity contribution in [1.29, 1.82) is 0 Å². The Morgan fingerprint density at radius 3 is 2.50 bits per heavy atom. The van der Waals surface area contributed by atoms with Crippen molar-refractivity contribution in [2.75, 3.05) is 6.26 Å². The molecule has 0 saturated carbocycles. The average Bonchev–Trinajstić information content (AvgIpc) is 2.23. The summed E-state index contributed by atoms with van der Waals surface area (Å²) < 4.78 is 4.99. The van der Waals surface area contributed by atoms with Crippen LogP contribution in [0.5, 0.6) is 17.2 Å². The van der Waals surface area contributed by atoms with Gasteiger partial charge in [0.25, 0.3) is 0 Å². The Hall–Kier alpha value is -1.27. The van der Waals surface area contributed by atoms with Gasteiger partial charge in [-0.05, 0) is 18.4 Å². The van der Waals surface area contributed by atoms with Crippen LogP contribution in [0.1, 0.15) is 0 Å². The molecule has 1 atom stereocenters. The maximum Gasteiger partial charge on any atom is 0.355 e. The summed E-state index contributed by atoms with van der Waals surface area (Å²) in [5.74, 6) is -2.07. The van der Waals surface area contributed by atoms with Gasteiger partial charge < -0.3 is 20.1 Å². The van der Waals surface area contributed by atoms with E-state index in [1.54, 1.807) is 0 Å². The number of hydrogen-bond acceptors (Lipinski definition) is 5. The summed E-state index contributed by atoms with van der Waals surface area (Å²) in [6.07, 6.45) is 1.53. The molecule has 16 heavy (non-hydrogen) atoms. The monoisotopic (exact) mass is 264 g/mol. The van der Waals surface area contributed by atoms with Crippen LogP contribution in [0.25, 0.3) is 0 Å². The smallest absolute Gasteiger partial charge is 0.355 e. The largest absolute Gasteiger partial charge is 0.506 e. The number of rotatable bonds is 4. The van der Waals surface area contributed by atoms with Crippen molar-refractivity contribution in [3.63, 3.8) is 0 Å². The molecule has 0 saturated heterocycles. The molecule has 88 valence electrons. The maximum absolute atomic E-state index is 10.7. The zero-order chi connectivity index (χ0) is 12.3. The van der Waals surface area contributed by atoms with Crippen LogP contribution in [0.3, 0.4) is 0 Å². The van der Waals surface area contributed by atoms with Gasteiger partial charge >= 0.3 is 5.97 Å². The number of aliphatic carboxylic acids is 1. The SMILES string of the molecule is CSC(Oc1c(O)ccc(O)c1Cl)C(=O)O. The van der Waals surface area contributed by atoms with Gasteiger partial charge in [-0.3, -0.25) is 0 Å². The Labute approximate surface area is 101 Å². The fraction of sp³-hybridized carbons (Fsp3) is 0.222. The predicted molar refractivity (Wildman–Crippen MR) is 60.3 cm³/mol. The third-order valence-electron chi connectivity index (χ3n) is 1.70. The Kier molecular flexibility index (Phi) is 4.14. The zero-order valence-electron chi connectivity index (χ0n) is 8.18. The molecular weight excluding hydrogens is 256 g/mol. The Morgan fingerprint density at radius 2 is 2.00 bits per heavy atom. The molecule has 0 fully saturated rings. The molecule has 1 rings (SSSR count). The molecule has 0 aliphatic rings. The van der Waals surface area contributed by atoms with Crippen LogP contribution in [0.2, 0.25) is 5.02 Å². The van der Waals surface area contributed by atoms with E-state index >= 15 is 0 Å². The highest BCUT2D eigenvalue weighted by atomic mass is 35.5. The van der Waals surface area contributed by atoms with Crippen LogP contribution in [-0.4, -0.2) is 33.0 Å². The minimum absolute atomic E-state index is 0.222. The highest BCUT2D eigenvalue weighted by Crippen LogP contribution is 2.41. The van der Waals surface area contributed by atoms with E-state index in [4.69, 9.17) is 21.4 Å². The molecule has 1 aromatic rings. The topological polar surface area (TPSA) is 87.0 Å². The molecule has 3 N–H and O–H groups in total. The van der Waals surface area contributed by atoms with E-state index < -0.39 is 11.4 Å². The highest BCUT2D eigenvalue weighted by molar-refractivity contribution is 7.99. The zero-order valence-corrected chi connectivity index (χ0v) is 9.75. The molecule has 0 aromatic heterocycles. The van der Waals surface area contributed by atoms with Crippen LogP contribution in [0.4, 0.5) is 0 Å². The van der Waals surface area contributed by atoms with Gasteiger partial charge in [0.05, 0.1) is 0 Å². The molecule has 1 unspecified atom stereocenters. The van der Waals surface area contributed by atoms with E-state index in [1.807, 2.05) is 0 Å². The lowest BCUT2D eigenvalue weighted by molar-refractivity contribution is -0.140. The summed E-state index contributed by atoms with van der Waals surface area (Å²) in [6.45, 7) is 0. The van der Waals surface area contributed by atoms with E-state index in [9.17, 15) is 15.0 Å². The average molecular weight is 265 g/mol. The maximum atomic E-state index is 10.7. The lowest BCUT2D eigenvalue weighted by Crippen LogP contribution is -2.22. The molecular formula is C9H9ClO5S. The summed E-state index contributed by atoms with van der Waals surface area (Å²) in [7, 11) is 0. The predicted octanol–water partition coefficient (Wildman–Crippen LogP) is 1.90. The first-order valence-electron chi connectivity index (χ1n) is 4.10. The minimum atomic E-state index is -1.20. The van der Waals surface area contributed by atoms with Crippen molar-refractivity contribution >= 4 is 29.3 Å². The summed E-state index contributed by atoms with van der Waals surface area (Å²) in [6, 6.07) is 2.34. The third-order valence-corrected chi connectivity index (χ3v) is 2.79. The first kappa shape index (κ1) is 12.8. The fourth-order valence-corrected chi connectivity index (χ4v) is 1.55. The quantitative estimate of drug-likeness (QED) is 0.569. The van der Waals surface area contributed by atoms with Gasteiger partial charge in [-0.1, -0.05) is 11.6 Å². The van der Waals surface area contributed by atoms with E-state index in [1.165, 1.54) is 12.3 Å². The number of benzene rings is 1. The van der Waals surface area contributed by atoms with E-state index in [-0.39, 0.29) is 22.3 Å². The van der Waals surface area contributed by atoms with Crippen LogP contribution < -0.4 is 4.74 Å². The van der Waals surface area contributed by atoms with E-state index in [0.717, 1.165) is 17.8 Å². The molecule has 7 heteroatoms. The normalized spacial score (nSPS) is 12.1. The molecule has 5 nitrogen and oxygen atoms in total. The molecule has 0 spiro atoms. The Balaban J connectivity index is 3.04. The highest BCUT2D eigenvalue weighted by Gasteiger charge is 2.22. The number of thioether (sulfide) groups is 1. The van der Waals surface area contributed by atoms with Crippen molar-refractivity contribution in [2.24, 2.45) is 0 Å². The number of aromatic hydroxyl groups is 2. The van der Waals surface area contributed by atoms with Crippen LogP contribution in [0.15, 0.2) is 12.1 Å². The van der Waals surface area contributed by atoms with Gasteiger partial charge in [0.1, 0.15) is 10.8 Å². The van der Waals surface area contributed by atoms with Crippen LogP contribution >= 0.6 is 23.4 Å². The molecule has 0 heterocycles. The van der Waals surface area contributed by atoms with Crippen LogP contribution in [-0.2, 0) is 4.79 Å². The van der Waals surface area contributed by atoms with Crippen molar-refractivity contribution in [2.45, 2.75) is 5.44 Å². The number of carboxylic acids is 1. The Morgan fingerprint density at radius 1 is 1.44 bits per heavy atom. The lowest BCUT2D eigenvalue weighted by atomic mass is 10.3. The number of hydrogen-bond donors (Lipinski definition) is 3. The second kappa shape index (κ2) is 5.18. The van der Waals surface area contributed by atoms with Crippen molar-refractivity contribution in [3.8, 4) is 17.2 Å². The molecule has 0 aliphatic carbocycles. The number of carboxylic acid groups (broad SMARTS) is 1. The number of phenolic OH excluding ortho intramolecular Hbond substituents is 2. The lowest BCUT2D eigenvalue weighted by Gasteiger charge is -2.15. The number of phenols is 2. The van der Waals surface area contributed by atoms with Gasteiger partial charge in [0.2, 0.25) is 5.44 Å². The van der Waals surface area contributed by atoms with Gasteiger partial charge in [-0.2, -0.15) is 0 Å². The van der Waals surface area contributed by atoms with Gasteiger partial charge in [0, 0.05) is 0 Å². The summed E-state index contributed by atoms with van der Waals surface area (Å²) in [5, 5.41) is 27.2. The molecule has 0 radical (unpaired) electrons. The Bertz CT molecular complexity index is 409. The molecule has 0 bridgehead atoms. The van der Waals surface area contributed by atoms with Crippen molar-refractivity contribution < 1.29 is 24.9 Å². The summed E-state index contributed by atoms with van der Waals surface area (Å²) in [5.41, 5.74) is -1.20. The van der Waals surface area contributed by atoms with E-state index in [2.05, 4.69) is 0 Å². The van der Waals surface area contributed by atoms with Gasteiger partial charge in [-0.15, -0.1) is 11.8 Å². The van der Waals surface area contributed by atoms with Gasteiger partial charge in [-0.25, -0.2) is 4.79 Å². The summed E-state index contributed by atoms with van der Waals surface area (Å²) >= 11 is 6.59. The second-order valence-electron chi connectivity index (χ2n) is 2.77. The molecule has 0 amide bonds. The summed E-state index contributed by atoms with van der Waals surface area (Å²) in [4.78, 5) is 10.7. The minimum Gasteiger partial charge on any atom is -0.506 e. The van der Waals surface area contributed by atoms with Gasteiger partial charge in [0.15, 0.2) is 11.5 Å². The number of halogens is 1. The standard InChI is InChI=1S/C9H9ClO5S/c1-16-9(8(13)14)15-7-5(12)3-2-4(11)6(7)10/h2-3,9,11-12H,1H3,(H,13,14). The fourth-order valence-electron chi connectivity index (χ4n) is 0.954. The number of ether oxygens (including phenoxy) is 1. The van der Waals surface area contributed by atoms with Crippen molar-refractivity contribution in [1.82, 2.24) is 0 Å². The van der Waals surface area contributed by atoms with Crippen molar-refractivity contribution in [3.05, 3.63) is 17.2 Å². The number of carbonyl (C=O) groups is 1. The van der Waals surface area contributed by atoms with E-state index in [0.29, 0.717) is 0 Å². The second-order valence-corrected chi connectivity index (χ2v) is 4.05. The third kappa shape index (κ3) is 2.65. The molecule has 1 aromatic carbocycles. The van der Waals surface area contributed by atoms with Crippen LogP contribution in [0, 0.1) is 0 Å².